The van der Waals surface area contributed by atoms with Crippen molar-refractivity contribution in [3.63, 3.8) is 0 Å². The van der Waals surface area contributed by atoms with Crippen LogP contribution in [0.2, 0.25) is 0 Å². The normalized spacial score (nSPS) is 15.6. The summed E-state index contributed by atoms with van der Waals surface area (Å²) in [5.74, 6) is -0.207. The fraction of sp³-hybridized carbons (Fsp3) is 0.300. The molecule has 1 heterocycles. The number of carbonyl (C=O) groups is 1. The van der Waals surface area contributed by atoms with Gasteiger partial charge in [0.25, 0.3) is 0 Å². The highest BCUT2D eigenvalue weighted by Crippen LogP contribution is 2.32. The first kappa shape index (κ1) is 9.65. The molecule has 0 aliphatic carbocycles. The summed E-state index contributed by atoms with van der Waals surface area (Å²) in [5.41, 5.74) is 1.31. The van der Waals surface area contributed by atoms with Gasteiger partial charge in [-0.25, -0.2) is 4.39 Å². The van der Waals surface area contributed by atoms with Gasteiger partial charge in [0.2, 0.25) is 5.91 Å². The molecule has 14 heavy (non-hydrogen) atoms. The van der Waals surface area contributed by atoms with E-state index in [2.05, 4.69) is 15.9 Å². The minimum Gasteiger partial charge on any atom is -0.315 e. The van der Waals surface area contributed by atoms with E-state index in [0.717, 1.165) is 0 Å². The molecule has 1 aliphatic heterocycles. The third kappa shape index (κ3) is 1.34. The maximum atomic E-state index is 13.6. The first-order chi connectivity index (χ1) is 6.61. The quantitative estimate of drug-likeness (QED) is 0.700. The first-order valence-electron chi connectivity index (χ1n) is 4.34. The van der Waals surface area contributed by atoms with Crippen molar-refractivity contribution in [3.05, 3.63) is 28.0 Å². The number of anilines is 1. The van der Waals surface area contributed by atoms with Crippen molar-refractivity contribution in [1.29, 1.82) is 0 Å². The third-order valence-electron chi connectivity index (χ3n) is 2.50. The molecule has 2 rings (SSSR count). The lowest BCUT2D eigenvalue weighted by Crippen LogP contribution is -2.31. The number of carbonyl (C=O) groups excluding carboxylic acids is 1. The van der Waals surface area contributed by atoms with E-state index in [9.17, 15) is 9.18 Å². The molecule has 0 radical (unpaired) electrons. The zero-order valence-corrected chi connectivity index (χ0v) is 9.27. The summed E-state index contributed by atoms with van der Waals surface area (Å²) in [6.45, 7) is 0. The lowest BCUT2D eigenvalue weighted by Gasteiger charge is -2.26. The summed E-state index contributed by atoms with van der Waals surface area (Å²) in [7, 11) is 1.67. The highest BCUT2D eigenvalue weighted by Gasteiger charge is 2.24. The van der Waals surface area contributed by atoms with E-state index in [1.54, 1.807) is 19.2 Å². The van der Waals surface area contributed by atoms with Gasteiger partial charge in [-0.3, -0.25) is 4.79 Å². The van der Waals surface area contributed by atoms with E-state index in [1.165, 1.54) is 4.90 Å². The number of nitrogens with zero attached hydrogens (tertiary/aromatic N) is 1. The van der Waals surface area contributed by atoms with Crippen LogP contribution in [-0.4, -0.2) is 13.0 Å². The average Bonchev–Trinajstić information content (AvgIpc) is 2.17. The van der Waals surface area contributed by atoms with Crippen LogP contribution < -0.4 is 4.90 Å². The molecule has 1 aromatic rings. The Bertz CT molecular complexity index is 405. The highest BCUT2D eigenvalue weighted by atomic mass is 79.9. The lowest BCUT2D eigenvalue weighted by atomic mass is 10.0. The van der Waals surface area contributed by atoms with Gasteiger partial charge in [0.05, 0.1) is 4.47 Å². The van der Waals surface area contributed by atoms with Gasteiger partial charge in [0.15, 0.2) is 0 Å². The summed E-state index contributed by atoms with van der Waals surface area (Å²) >= 11 is 3.13. The molecular formula is C10H9BrFNO. The van der Waals surface area contributed by atoms with Gasteiger partial charge in [-0.1, -0.05) is 0 Å². The maximum absolute atomic E-state index is 13.6. The molecule has 2 nitrogen and oxygen atoms in total. The molecular weight excluding hydrogens is 249 g/mol. The second-order valence-electron chi connectivity index (χ2n) is 3.31. The zero-order valence-electron chi connectivity index (χ0n) is 7.68. The molecule has 0 fully saturated rings. The zero-order chi connectivity index (χ0) is 10.3. The number of hydrogen-bond donors (Lipinski definition) is 0. The molecule has 0 atom stereocenters. The van der Waals surface area contributed by atoms with Crippen LogP contribution in [0.25, 0.3) is 0 Å². The van der Waals surface area contributed by atoms with Crippen LogP contribution >= 0.6 is 15.9 Å². The maximum Gasteiger partial charge on any atom is 0.227 e. The first-order valence-corrected chi connectivity index (χ1v) is 5.14. The molecule has 0 saturated carbocycles. The molecule has 1 aromatic carbocycles. The predicted molar refractivity (Wildman–Crippen MR) is 55.8 cm³/mol. The van der Waals surface area contributed by atoms with Crippen LogP contribution in [0.15, 0.2) is 16.6 Å². The van der Waals surface area contributed by atoms with Crippen molar-refractivity contribution in [1.82, 2.24) is 0 Å². The van der Waals surface area contributed by atoms with E-state index in [0.29, 0.717) is 28.6 Å². The molecule has 0 unspecified atom stereocenters. The number of fused-ring (bicyclic) bond motifs is 1. The fourth-order valence-electron chi connectivity index (χ4n) is 1.67. The second kappa shape index (κ2) is 3.35. The minimum atomic E-state index is -0.248. The molecule has 0 aromatic heterocycles. The molecule has 4 heteroatoms. The third-order valence-corrected chi connectivity index (χ3v) is 3.11. The Balaban J connectivity index is 2.59. The topological polar surface area (TPSA) is 20.3 Å². The number of hydrogen-bond acceptors (Lipinski definition) is 1. The predicted octanol–water partition coefficient (Wildman–Crippen LogP) is 2.50. The van der Waals surface area contributed by atoms with E-state index < -0.39 is 0 Å². The molecule has 74 valence electrons. The largest absolute Gasteiger partial charge is 0.315 e. The van der Waals surface area contributed by atoms with Gasteiger partial charge in [0.1, 0.15) is 5.82 Å². The van der Waals surface area contributed by atoms with E-state index >= 15 is 0 Å². The van der Waals surface area contributed by atoms with Gasteiger partial charge < -0.3 is 4.90 Å². The summed E-state index contributed by atoms with van der Waals surface area (Å²) in [6, 6.07) is 3.39. The van der Waals surface area contributed by atoms with E-state index in [4.69, 9.17) is 0 Å². The van der Waals surface area contributed by atoms with Gasteiger partial charge in [-0.05, 0) is 34.5 Å². The van der Waals surface area contributed by atoms with Crippen LogP contribution in [0, 0.1) is 5.82 Å². The van der Waals surface area contributed by atoms with Crippen LogP contribution in [-0.2, 0) is 11.2 Å². The number of amides is 1. The van der Waals surface area contributed by atoms with Gasteiger partial charge in [0, 0.05) is 24.7 Å². The Hall–Kier alpha value is -0.900. The van der Waals surface area contributed by atoms with Crippen molar-refractivity contribution in [2.45, 2.75) is 12.8 Å². The summed E-state index contributed by atoms with van der Waals surface area (Å²) in [4.78, 5) is 12.9. The lowest BCUT2D eigenvalue weighted by molar-refractivity contribution is -0.118. The van der Waals surface area contributed by atoms with Crippen LogP contribution in [0.3, 0.4) is 0 Å². The highest BCUT2D eigenvalue weighted by molar-refractivity contribution is 9.10. The summed E-state index contributed by atoms with van der Waals surface area (Å²) in [6.07, 6.45) is 0.876. The molecule has 0 bridgehead atoms. The number of rotatable bonds is 0. The molecule has 0 N–H and O–H groups in total. The molecule has 0 spiro atoms. The van der Waals surface area contributed by atoms with Crippen molar-refractivity contribution >= 4 is 27.5 Å². The van der Waals surface area contributed by atoms with Crippen molar-refractivity contribution < 1.29 is 9.18 Å². The fourth-order valence-corrected chi connectivity index (χ4v) is 2.04. The monoisotopic (exact) mass is 257 g/mol. The second-order valence-corrected chi connectivity index (χ2v) is 4.17. The van der Waals surface area contributed by atoms with E-state index in [-0.39, 0.29) is 11.7 Å². The van der Waals surface area contributed by atoms with Gasteiger partial charge in [-0.15, -0.1) is 0 Å². The summed E-state index contributed by atoms with van der Waals surface area (Å²) < 4.78 is 14.1. The Morgan fingerprint density at radius 3 is 2.86 bits per heavy atom. The van der Waals surface area contributed by atoms with Crippen LogP contribution in [0.1, 0.15) is 12.0 Å². The van der Waals surface area contributed by atoms with Crippen LogP contribution in [0.4, 0.5) is 10.1 Å². The standard InChI is InChI=1S/C10H9BrFNO/c1-13-8-4-3-7(11)10(12)6(8)2-5-9(13)14/h3-4H,2,5H2,1H3. The summed E-state index contributed by atoms with van der Waals surface area (Å²) in [5, 5.41) is 0. The Kier molecular flexibility index (Phi) is 2.31. The van der Waals surface area contributed by atoms with Crippen molar-refractivity contribution in [2.75, 3.05) is 11.9 Å². The number of halogens is 2. The smallest absolute Gasteiger partial charge is 0.227 e. The molecule has 0 saturated heterocycles. The SMILES string of the molecule is CN1C(=O)CCc2c1ccc(Br)c2F. The van der Waals surface area contributed by atoms with E-state index in [1.807, 2.05) is 0 Å². The Morgan fingerprint density at radius 2 is 2.14 bits per heavy atom. The van der Waals surface area contributed by atoms with Crippen molar-refractivity contribution in [2.24, 2.45) is 0 Å². The molecule has 1 aliphatic rings. The van der Waals surface area contributed by atoms with Crippen molar-refractivity contribution in [3.8, 4) is 0 Å². The average molecular weight is 258 g/mol. The Labute approximate surface area is 89.8 Å². The van der Waals surface area contributed by atoms with Gasteiger partial charge >= 0.3 is 0 Å². The van der Waals surface area contributed by atoms with Crippen LogP contribution in [0.5, 0.6) is 0 Å². The van der Waals surface area contributed by atoms with Gasteiger partial charge in [-0.2, -0.15) is 0 Å². The number of benzene rings is 1. The minimum absolute atomic E-state index is 0.0409. The Morgan fingerprint density at radius 1 is 1.43 bits per heavy atom. The molecule has 1 amide bonds.